The molecule has 1 aromatic rings. The van der Waals surface area contributed by atoms with Crippen molar-refractivity contribution in [1.29, 1.82) is 0 Å². The van der Waals surface area contributed by atoms with E-state index in [1.54, 1.807) is 24.5 Å². The zero-order chi connectivity index (χ0) is 8.43. The third-order valence-corrected chi connectivity index (χ3v) is 2.37. The van der Waals surface area contributed by atoms with E-state index in [1.165, 1.54) is 0 Å². The molecule has 1 rings (SSSR count). The molecule has 0 aliphatic rings. The number of aromatic hydroxyl groups is 1. The monoisotopic (exact) mass is 170 g/mol. The van der Waals surface area contributed by atoms with Crippen molar-refractivity contribution in [2.45, 2.75) is 11.8 Å². The average molecular weight is 170 g/mol. The highest BCUT2D eigenvalue weighted by atomic mass is 32.2. The zero-order valence-corrected chi connectivity index (χ0v) is 7.31. The van der Waals surface area contributed by atoms with Gasteiger partial charge >= 0.3 is 0 Å². The van der Waals surface area contributed by atoms with Gasteiger partial charge in [-0.3, -0.25) is 4.21 Å². The van der Waals surface area contributed by atoms with Crippen LogP contribution in [0, 0.1) is 6.92 Å². The minimum Gasteiger partial charge on any atom is -0.507 e. The number of hydrogen-bond donors (Lipinski definition) is 1. The van der Waals surface area contributed by atoms with E-state index < -0.39 is 10.8 Å². The number of aryl methyl sites for hydroxylation is 1. The van der Waals surface area contributed by atoms with Gasteiger partial charge in [-0.05, 0) is 24.6 Å². The van der Waals surface area contributed by atoms with Gasteiger partial charge in [0.05, 0.1) is 15.7 Å². The Morgan fingerprint density at radius 1 is 1.45 bits per heavy atom. The van der Waals surface area contributed by atoms with Crippen LogP contribution in [0.2, 0.25) is 0 Å². The molecule has 60 valence electrons. The first-order valence-corrected chi connectivity index (χ1v) is 4.80. The Kier molecular flexibility index (Phi) is 2.29. The van der Waals surface area contributed by atoms with E-state index in [0.717, 1.165) is 5.56 Å². The Hall–Kier alpha value is -0.830. The molecule has 0 aromatic heterocycles. The molecule has 0 heterocycles. The van der Waals surface area contributed by atoms with E-state index in [9.17, 15) is 9.32 Å². The van der Waals surface area contributed by atoms with Gasteiger partial charge in [0.15, 0.2) is 0 Å². The molecule has 3 heteroatoms. The molecule has 0 saturated heterocycles. The number of phenols is 1. The molecule has 0 aliphatic carbocycles. The molecule has 0 fully saturated rings. The predicted octanol–water partition coefficient (Wildman–Crippen LogP) is 1.44. The first-order chi connectivity index (χ1) is 5.11. The predicted molar refractivity (Wildman–Crippen MR) is 45.2 cm³/mol. The summed E-state index contributed by atoms with van der Waals surface area (Å²) in [5.41, 5.74) is 1.01. The Bertz CT molecular complexity index is 294. The summed E-state index contributed by atoms with van der Waals surface area (Å²) in [6.07, 6.45) is 1.55. The van der Waals surface area contributed by atoms with Crippen LogP contribution in [-0.4, -0.2) is 15.6 Å². The topological polar surface area (TPSA) is 37.3 Å². The van der Waals surface area contributed by atoms with Crippen molar-refractivity contribution in [3.63, 3.8) is 0 Å². The lowest BCUT2D eigenvalue weighted by molar-refractivity contribution is 0.461. The van der Waals surface area contributed by atoms with Gasteiger partial charge in [0.1, 0.15) is 5.75 Å². The first-order valence-electron chi connectivity index (χ1n) is 3.24. The van der Waals surface area contributed by atoms with Crippen LogP contribution in [0.5, 0.6) is 5.75 Å². The van der Waals surface area contributed by atoms with Gasteiger partial charge in [0.2, 0.25) is 0 Å². The number of benzene rings is 1. The van der Waals surface area contributed by atoms with Crippen molar-refractivity contribution in [2.75, 3.05) is 6.26 Å². The molecule has 0 aliphatic heterocycles. The Morgan fingerprint density at radius 2 is 2.09 bits per heavy atom. The second-order valence-electron chi connectivity index (χ2n) is 2.43. The molecule has 1 N–H and O–H groups in total. The lowest BCUT2D eigenvalue weighted by atomic mass is 10.2. The molecule has 0 amide bonds. The highest BCUT2D eigenvalue weighted by molar-refractivity contribution is 7.84. The van der Waals surface area contributed by atoms with Crippen molar-refractivity contribution in [1.82, 2.24) is 0 Å². The summed E-state index contributed by atoms with van der Waals surface area (Å²) in [6.45, 7) is 1.90. The van der Waals surface area contributed by atoms with Crippen LogP contribution in [-0.2, 0) is 10.8 Å². The molecule has 1 unspecified atom stereocenters. The summed E-state index contributed by atoms with van der Waals surface area (Å²) >= 11 is 0. The standard InChI is InChI=1S/C8H10O2S/c1-6-3-4-7(9)8(5-6)11(2)10/h3-5,9H,1-2H3. The van der Waals surface area contributed by atoms with Crippen LogP contribution >= 0.6 is 0 Å². The maximum atomic E-state index is 11.0. The van der Waals surface area contributed by atoms with Crippen molar-refractivity contribution in [3.8, 4) is 5.75 Å². The maximum Gasteiger partial charge on any atom is 0.131 e. The fraction of sp³-hybridized carbons (Fsp3) is 0.250. The highest BCUT2D eigenvalue weighted by Crippen LogP contribution is 2.20. The summed E-state index contributed by atoms with van der Waals surface area (Å²) in [4.78, 5) is 0.505. The van der Waals surface area contributed by atoms with Crippen LogP contribution < -0.4 is 0 Å². The lowest BCUT2D eigenvalue weighted by Gasteiger charge is -2.00. The van der Waals surface area contributed by atoms with Gasteiger partial charge in [-0.25, -0.2) is 0 Å². The van der Waals surface area contributed by atoms with Crippen LogP contribution in [0.15, 0.2) is 23.1 Å². The third kappa shape index (κ3) is 1.80. The van der Waals surface area contributed by atoms with Crippen molar-refractivity contribution in [3.05, 3.63) is 23.8 Å². The number of hydrogen-bond acceptors (Lipinski definition) is 2. The molecule has 0 saturated carbocycles. The van der Waals surface area contributed by atoms with E-state index in [-0.39, 0.29) is 5.75 Å². The summed E-state index contributed by atoms with van der Waals surface area (Å²) in [5, 5.41) is 9.21. The molecule has 11 heavy (non-hydrogen) atoms. The summed E-state index contributed by atoms with van der Waals surface area (Å²) in [5.74, 6) is 0.108. The van der Waals surface area contributed by atoms with Gasteiger partial charge < -0.3 is 5.11 Å². The van der Waals surface area contributed by atoms with Crippen LogP contribution in [0.3, 0.4) is 0 Å². The van der Waals surface area contributed by atoms with Crippen molar-refractivity contribution in [2.24, 2.45) is 0 Å². The van der Waals surface area contributed by atoms with Crippen LogP contribution in [0.1, 0.15) is 5.56 Å². The molecule has 1 aromatic carbocycles. The third-order valence-electron chi connectivity index (χ3n) is 1.43. The molecule has 0 bridgehead atoms. The largest absolute Gasteiger partial charge is 0.507 e. The molecule has 0 radical (unpaired) electrons. The average Bonchev–Trinajstić information content (AvgIpc) is 1.94. The first kappa shape index (κ1) is 8.27. The smallest absolute Gasteiger partial charge is 0.131 e. The highest BCUT2D eigenvalue weighted by Gasteiger charge is 2.03. The zero-order valence-electron chi connectivity index (χ0n) is 6.50. The second-order valence-corrected chi connectivity index (χ2v) is 3.77. The lowest BCUT2D eigenvalue weighted by Crippen LogP contribution is -1.88. The fourth-order valence-corrected chi connectivity index (χ4v) is 1.57. The Balaban J connectivity index is 3.23. The van der Waals surface area contributed by atoms with Gasteiger partial charge in [-0.1, -0.05) is 6.07 Å². The van der Waals surface area contributed by atoms with E-state index in [4.69, 9.17) is 0 Å². The quantitative estimate of drug-likeness (QED) is 0.692. The minimum absolute atomic E-state index is 0.108. The molecule has 2 nitrogen and oxygen atoms in total. The number of rotatable bonds is 1. The van der Waals surface area contributed by atoms with E-state index in [0.29, 0.717) is 4.90 Å². The van der Waals surface area contributed by atoms with Gasteiger partial charge in [0, 0.05) is 6.26 Å². The maximum absolute atomic E-state index is 11.0. The van der Waals surface area contributed by atoms with Crippen LogP contribution in [0.25, 0.3) is 0 Å². The normalized spacial score (nSPS) is 12.9. The molecule has 0 spiro atoms. The van der Waals surface area contributed by atoms with Gasteiger partial charge in [-0.15, -0.1) is 0 Å². The van der Waals surface area contributed by atoms with E-state index >= 15 is 0 Å². The van der Waals surface area contributed by atoms with Gasteiger partial charge in [0.25, 0.3) is 0 Å². The SMILES string of the molecule is Cc1ccc(O)c(S(C)=O)c1. The molecular formula is C8H10O2S. The summed E-state index contributed by atoms with van der Waals surface area (Å²) < 4.78 is 11.0. The summed E-state index contributed by atoms with van der Waals surface area (Å²) in [7, 11) is -1.10. The van der Waals surface area contributed by atoms with Crippen LogP contribution in [0.4, 0.5) is 0 Å². The summed E-state index contributed by atoms with van der Waals surface area (Å²) in [6, 6.07) is 5.07. The van der Waals surface area contributed by atoms with E-state index in [2.05, 4.69) is 0 Å². The minimum atomic E-state index is -1.10. The molecular weight excluding hydrogens is 160 g/mol. The fourth-order valence-electron chi connectivity index (χ4n) is 0.852. The Labute approximate surface area is 68.3 Å². The Morgan fingerprint density at radius 3 is 2.55 bits per heavy atom. The van der Waals surface area contributed by atoms with Crippen molar-refractivity contribution >= 4 is 10.8 Å². The second kappa shape index (κ2) is 3.05. The van der Waals surface area contributed by atoms with Gasteiger partial charge in [-0.2, -0.15) is 0 Å². The van der Waals surface area contributed by atoms with Crippen molar-refractivity contribution < 1.29 is 9.32 Å². The number of phenolic OH excluding ortho intramolecular Hbond substituents is 1. The molecule has 1 atom stereocenters. The van der Waals surface area contributed by atoms with E-state index in [1.807, 2.05) is 6.92 Å².